The fraction of sp³-hybridized carbons (Fsp3) is 0.444. The summed E-state index contributed by atoms with van der Waals surface area (Å²) in [6.45, 7) is 8.90. The third-order valence-electron chi connectivity index (χ3n) is 3.80. The van der Waals surface area contributed by atoms with Crippen molar-refractivity contribution in [1.29, 1.82) is 0 Å². The zero-order valence-corrected chi connectivity index (χ0v) is 14.5. The first-order chi connectivity index (χ1) is 10.8. The minimum absolute atomic E-state index is 0.00104. The molecule has 1 aromatic carbocycles. The molecule has 0 unspecified atom stereocenters. The van der Waals surface area contributed by atoms with Gasteiger partial charge in [-0.3, -0.25) is 9.69 Å². The predicted octanol–water partition coefficient (Wildman–Crippen LogP) is 2.91. The first-order valence-corrected chi connectivity index (χ1v) is 7.82. The van der Waals surface area contributed by atoms with Crippen LogP contribution in [0.1, 0.15) is 41.1 Å². The quantitative estimate of drug-likeness (QED) is 0.890. The molecule has 1 heterocycles. The summed E-state index contributed by atoms with van der Waals surface area (Å²) in [6.07, 6.45) is 0. The Balaban J connectivity index is 1.89. The zero-order valence-electron chi connectivity index (χ0n) is 14.5. The Bertz CT molecular complexity index is 679. The van der Waals surface area contributed by atoms with Crippen LogP contribution in [-0.2, 0) is 11.3 Å². The molecule has 1 amide bonds. The zero-order chi connectivity index (χ0) is 17.0. The lowest BCUT2D eigenvalue weighted by molar-refractivity contribution is -0.122. The highest BCUT2D eigenvalue weighted by atomic mass is 16.5. The number of carbonyl (C=O) groups excluding carboxylic acids is 1. The lowest BCUT2D eigenvalue weighted by Gasteiger charge is -2.20. The van der Waals surface area contributed by atoms with Crippen molar-refractivity contribution in [3.05, 3.63) is 52.4 Å². The van der Waals surface area contributed by atoms with Gasteiger partial charge in [0.25, 0.3) is 0 Å². The van der Waals surface area contributed by atoms with Crippen molar-refractivity contribution in [1.82, 2.24) is 15.4 Å². The van der Waals surface area contributed by atoms with E-state index < -0.39 is 0 Å². The second-order valence-electron chi connectivity index (χ2n) is 6.25. The van der Waals surface area contributed by atoms with Gasteiger partial charge in [-0.15, -0.1) is 0 Å². The van der Waals surface area contributed by atoms with Crippen LogP contribution < -0.4 is 5.32 Å². The summed E-state index contributed by atoms with van der Waals surface area (Å²) < 4.78 is 5.04. The number of nitrogens with zero attached hydrogens (tertiary/aromatic N) is 2. The molecular weight excluding hydrogens is 290 g/mol. The highest BCUT2D eigenvalue weighted by molar-refractivity contribution is 5.78. The molecule has 0 radical (unpaired) electrons. The highest BCUT2D eigenvalue weighted by Crippen LogP contribution is 2.18. The van der Waals surface area contributed by atoms with Gasteiger partial charge < -0.3 is 9.84 Å². The van der Waals surface area contributed by atoms with E-state index in [1.165, 1.54) is 11.1 Å². The lowest BCUT2D eigenvalue weighted by atomic mass is 10.00. The van der Waals surface area contributed by atoms with Crippen LogP contribution in [0.5, 0.6) is 0 Å². The summed E-state index contributed by atoms with van der Waals surface area (Å²) >= 11 is 0. The molecule has 5 heteroatoms. The monoisotopic (exact) mass is 315 g/mol. The molecule has 124 valence electrons. The van der Waals surface area contributed by atoms with Gasteiger partial charge in [-0.05, 0) is 45.9 Å². The SMILES string of the molecule is Cc1ccc(C)c([C@@H](C)NC(=O)CN(C)Cc2cc(C)on2)c1. The molecule has 2 aromatic rings. The van der Waals surface area contributed by atoms with E-state index in [1.54, 1.807) is 0 Å². The summed E-state index contributed by atoms with van der Waals surface area (Å²) in [5.74, 6) is 0.780. The molecule has 1 aromatic heterocycles. The van der Waals surface area contributed by atoms with E-state index in [2.05, 4.69) is 42.5 Å². The number of likely N-dealkylation sites (N-methyl/N-ethyl adjacent to an activating group) is 1. The van der Waals surface area contributed by atoms with Crippen LogP contribution in [0.25, 0.3) is 0 Å². The fourth-order valence-electron chi connectivity index (χ4n) is 2.66. The second kappa shape index (κ2) is 7.42. The maximum atomic E-state index is 12.2. The first kappa shape index (κ1) is 17.2. The van der Waals surface area contributed by atoms with Crippen molar-refractivity contribution in [2.45, 2.75) is 40.3 Å². The smallest absolute Gasteiger partial charge is 0.234 e. The van der Waals surface area contributed by atoms with Crippen LogP contribution >= 0.6 is 0 Å². The second-order valence-corrected chi connectivity index (χ2v) is 6.25. The molecule has 0 fully saturated rings. The van der Waals surface area contributed by atoms with Gasteiger partial charge in [0.15, 0.2) is 0 Å². The van der Waals surface area contributed by atoms with E-state index in [4.69, 9.17) is 4.52 Å². The number of carbonyl (C=O) groups is 1. The number of amides is 1. The minimum Gasteiger partial charge on any atom is -0.361 e. The van der Waals surface area contributed by atoms with Gasteiger partial charge in [-0.2, -0.15) is 0 Å². The van der Waals surface area contributed by atoms with E-state index in [9.17, 15) is 4.79 Å². The summed E-state index contributed by atoms with van der Waals surface area (Å²) in [6, 6.07) is 8.17. The van der Waals surface area contributed by atoms with Gasteiger partial charge in [0.05, 0.1) is 18.3 Å². The summed E-state index contributed by atoms with van der Waals surface area (Å²) in [4.78, 5) is 14.2. The number of rotatable bonds is 6. The van der Waals surface area contributed by atoms with E-state index in [-0.39, 0.29) is 11.9 Å². The van der Waals surface area contributed by atoms with Crippen LogP contribution in [0.15, 0.2) is 28.8 Å². The highest BCUT2D eigenvalue weighted by Gasteiger charge is 2.14. The summed E-state index contributed by atoms with van der Waals surface area (Å²) in [5.41, 5.74) is 4.38. The molecule has 0 spiro atoms. The molecule has 0 aliphatic carbocycles. The molecule has 23 heavy (non-hydrogen) atoms. The number of aromatic nitrogens is 1. The standard InChI is InChI=1S/C18H25N3O2/c1-12-6-7-13(2)17(8-12)15(4)19-18(22)11-21(5)10-16-9-14(3)23-20-16/h6-9,15H,10-11H2,1-5H3,(H,19,22)/t15-/m1/s1. The number of nitrogens with one attached hydrogen (secondary N) is 1. The van der Waals surface area contributed by atoms with Crippen LogP contribution in [0.2, 0.25) is 0 Å². The van der Waals surface area contributed by atoms with Gasteiger partial charge >= 0.3 is 0 Å². The molecular formula is C18H25N3O2. The topological polar surface area (TPSA) is 58.4 Å². The summed E-state index contributed by atoms with van der Waals surface area (Å²) in [7, 11) is 1.90. The van der Waals surface area contributed by atoms with Crippen LogP contribution in [0.4, 0.5) is 0 Å². The number of hydrogen-bond donors (Lipinski definition) is 1. The number of hydrogen-bond acceptors (Lipinski definition) is 4. The summed E-state index contributed by atoms with van der Waals surface area (Å²) in [5, 5.41) is 7.01. The Morgan fingerprint density at radius 1 is 1.30 bits per heavy atom. The minimum atomic E-state index is -0.00917. The molecule has 1 N–H and O–H groups in total. The van der Waals surface area contributed by atoms with Crippen molar-refractivity contribution >= 4 is 5.91 Å². The van der Waals surface area contributed by atoms with Gasteiger partial charge in [-0.1, -0.05) is 28.9 Å². The van der Waals surface area contributed by atoms with E-state index in [0.29, 0.717) is 13.1 Å². The molecule has 0 saturated heterocycles. The first-order valence-electron chi connectivity index (χ1n) is 7.82. The Kier molecular flexibility index (Phi) is 5.55. The Morgan fingerprint density at radius 3 is 2.70 bits per heavy atom. The van der Waals surface area contributed by atoms with E-state index in [1.807, 2.05) is 31.9 Å². The maximum Gasteiger partial charge on any atom is 0.234 e. The van der Waals surface area contributed by atoms with E-state index >= 15 is 0 Å². The number of aryl methyl sites for hydroxylation is 3. The van der Waals surface area contributed by atoms with Crippen molar-refractivity contribution in [3.8, 4) is 0 Å². The van der Waals surface area contributed by atoms with Gasteiger partial charge in [0.2, 0.25) is 5.91 Å². The molecule has 0 aliphatic heterocycles. The lowest BCUT2D eigenvalue weighted by Crippen LogP contribution is -2.36. The van der Waals surface area contributed by atoms with Crippen LogP contribution in [-0.4, -0.2) is 29.6 Å². The van der Waals surface area contributed by atoms with Crippen molar-refractivity contribution in [2.75, 3.05) is 13.6 Å². The van der Waals surface area contributed by atoms with Gasteiger partial charge in [0.1, 0.15) is 5.76 Å². The van der Waals surface area contributed by atoms with Crippen molar-refractivity contribution < 1.29 is 9.32 Å². The molecule has 0 saturated carbocycles. The molecule has 5 nitrogen and oxygen atoms in total. The predicted molar refractivity (Wildman–Crippen MR) is 90.0 cm³/mol. The molecule has 1 atom stereocenters. The van der Waals surface area contributed by atoms with Crippen molar-refractivity contribution in [3.63, 3.8) is 0 Å². The normalized spacial score (nSPS) is 12.4. The molecule has 2 rings (SSSR count). The maximum absolute atomic E-state index is 12.2. The average Bonchev–Trinajstić information content (AvgIpc) is 2.86. The average molecular weight is 315 g/mol. The Morgan fingerprint density at radius 2 is 2.04 bits per heavy atom. The third kappa shape index (κ3) is 4.93. The van der Waals surface area contributed by atoms with Crippen LogP contribution in [0.3, 0.4) is 0 Å². The Hall–Kier alpha value is -2.14. The van der Waals surface area contributed by atoms with Crippen LogP contribution in [0, 0.1) is 20.8 Å². The Labute approximate surface area is 137 Å². The molecule has 0 aliphatic rings. The van der Waals surface area contributed by atoms with Crippen molar-refractivity contribution in [2.24, 2.45) is 0 Å². The van der Waals surface area contributed by atoms with E-state index in [0.717, 1.165) is 17.0 Å². The largest absolute Gasteiger partial charge is 0.361 e. The third-order valence-corrected chi connectivity index (χ3v) is 3.80. The fourth-order valence-corrected chi connectivity index (χ4v) is 2.66. The van der Waals surface area contributed by atoms with Gasteiger partial charge in [0, 0.05) is 12.6 Å². The molecule has 0 bridgehead atoms. The van der Waals surface area contributed by atoms with Gasteiger partial charge in [-0.25, -0.2) is 0 Å². The number of benzene rings is 1.